The van der Waals surface area contributed by atoms with Crippen LogP contribution in [-0.2, 0) is 4.79 Å². The Labute approximate surface area is 86.1 Å². The summed E-state index contributed by atoms with van der Waals surface area (Å²) in [7, 11) is 3.52. The van der Waals surface area contributed by atoms with Crippen LogP contribution in [0, 0.1) is 5.92 Å². The van der Waals surface area contributed by atoms with E-state index in [4.69, 9.17) is 5.73 Å². The van der Waals surface area contributed by atoms with E-state index >= 15 is 0 Å². The van der Waals surface area contributed by atoms with E-state index in [-0.39, 0.29) is 24.4 Å². The van der Waals surface area contributed by atoms with E-state index in [9.17, 15) is 4.79 Å². The van der Waals surface area contributed by atoms with Gasteiger partial charge >= 0.3 is 0 Å². The lowest BCUT2D eigenvalue weighted by Gasteiger charge is -2.21. The molecule has 1 saturated carbocycles. The van der Waals surface area contributed by atoms with Crippen molar-refractivity contribution in [3.05, 3.63) is 0 Å². The summed E-state index contributed by atoms with van der Waals surface area (Å²) in [4.78, 5) is 13.0. The van der Waals surface area contributed by atoms with Crippen LogP contribution in [0.3, 0.4) is 0 Å². The maximum Gasteiger partial charge on any atom is 0.239 e. The van der Waals surface area contributed by atoms with Gasteiger partial charge in [0.1, 0.15) is 0 Å². The molecule has 0 spiro atoms. The number of likely N-dealkylation sites (N-methyl/N-ethyl adjacent to an activating group) is 1. The van der Waals surface area contributed by atoms with Crippen LogP contribution >= 0.6 is 12.4 Å². The van der Waals surface area contributed by atoms with Gasteiger partial charge in [-0.2, -0.15) is 0 Å². The Morgan fingerprint density at radius 2 is 1.85 bits per heavy atom. The SMILES string of the molecule is CN(C)C(=O)[C@@H](N)C1CCCC1.Cl. The minimum absolute atomic E-state index is 0. The van der Waals surface area contributed by atoms with Gasteiger partial charge in [0.2, 0.25) is 5.91 Å². The van der Waals surface area contributed by atoms with Crippen molar-refractivity contribution < 1.29 is 4.79 Å². The molecule has 1 fully saturated rings. The van der Waals surface area contributed by atoms with Gasteiger partial charge in [0.05, 0.1) is 6.04 Å². The summed E-state index contributed by atoms with van der Waals surface area (Å²) in [6.45, 7) is 0. The quantitative estimate of drug-likeness (QED) is 0.733. The van der Waals surface area contributed by atoms with Crippen LogP contribution in [0.1, 0.15) is 25.7 Å². The van der Waals surface area contributed by atoms with E-state index < -0.39 is 0 Å². The lowest BCUT2D eigenvalue weighted by Crippen LogP contribution is -2.44. The zero-order valence-corrected chi connectivity index (χ0v) is 9.14. The van der Waals surface area contributed by atoms with E-state index in [1.807, 2.05) is 0 Å². The number of carbonyl (C=O) groups is 1. The third-order valence-electron chi connectivity index (χ3n) is 2.63. The Hall–Kier alpha value is -0.280. The minimum atomic E-state index is -0.262. The largest absolute Gasteiger partial charge is 0.347 e. The molecular weight excluding hydrogens is 188 g/mol. The smallest absolute Gasteiger partial charge is 0.239 e. The third-order valence-corrected chi connectivity index (χ3v) is 2.63. The molecule has 1 rings (SSSR count). The molecule has 1 atom stereocenters. The van der Waals surface area contributed by atoms with Crippen LogP contribution in [0.4, 0.5) is 0 Å². The fourth-order valence-electron chi connectivity index (χ4n) is 1.82. The summed E-state index contributed by atoms with van der Waals surface area (Å²) >= 11 is 0. The molecule has 0 aliphatic heterocycles. The van der Waals surface area contributed by atoms with Gasteiger partial charge in [-0.25, -0.2) is 0 Å². The molecular formula is C9H19ClN2O. The van der Waals surface area contributed by atoms with E-state index in [1.54, 1.807) is 19.0 Å². The minimum Gasteiger partial charge on any atom is -0.347 e. The molecule has 1 amide bonds. The standard InChI is InChI=1S/C9H18N2O.ClH/c1-11(2)9(12)8(10)7-5-3-4-6-7;/h7-8H,3-6,10H2,1-2H3;1H/t8-;/m0./s1. The average Bonchev–Trinajstić information content (AvgIpc) is 2.53. The molecule has 0 aromatic heterocycles. The van der Waals surface area contributed by atoms with Crippen LogP contribution in [0.25, 0.3) is 0 Å². The van der Waals surface area contributed by atoms with E-state index in [0.29, 0.717) is 5.92 Å². The summed E-state index contributed by atoms with van der Waals surface area (Å²) < 4.78 is 0. The van der Waals surface area contributed by atoms with E-state index in [1.165, 1.54) is 12.8 Å². The second-order valence-corrected chi connectivity index (χ2v) is 3.80. The first-order valence-corrected chi connectivity index (χ1v) is 4.59. The molecule has 0 unspecified atom stereocenters. The van der Waals surface area contributed by atoms with Gasteiger partial charge in [-0.3, -0.25) is 4.79 Å². The topological polar surface area (TPSA) is 46.3 Å². The molecule has 1 aliphatic rings. The summed E-state index contributed by atoms with van der Waals surface area (Å²) in [5.41, 5.74) is 5.83. The lowest BCUT2D eigenvalue weighted by molar-refractivity contribution is -0.131. The second kappa shape index (κ2) is 5.45. The van der Waals surface area contributed by atoms with Crippen molar-refractivity contribution in [3.63, 3.8) is 0 Å². The fourth-order valence-corrected chi connectivity index (χ4v) is 1.82. The highest BCUT2D eigenvalue weighted by atomic mass is 35.5. The van der Waals surface area contributed by atoms with Crippen LogP contribution in [0.15, 0.2) is 0 Å². The maximum atomic E-state index is 11.4. The molecule has 1 aliphatic carbocycles. The molecule has 4 heteroatoms. The normalized spacial score (nSPS) is 19.3. The monoisotopic (exact) mass is 206 g/mol. The zero-order chi connectivity index (χ0) is 9.14. The summed E-state index contributed by atoms with van der Waals surface area (Å²) in [6.07, 6.45) is 4.72. The lowest BCUT2D eigenvalue weighted by atomic mass is 9.98. The van der Waals surface area contributed by atoms with Gasteiger partial charge in [-0.1, -0.05) is 12.8 Å². The van der Waals surface area contributed by atoms with Gasteiger partial charge in [0.15, 0.2) is 0 Å². The first-order valence-electron chi connectivity index (χ1n) is 4.59. The molecule has 0 radical (unpaired) electrons. The second-order valence-electron chi connectivity index (χ2n) is 3.80. The van der Waals surface area contributed by atoms with Crippen LogP contribution in [0.2, 0.25) is 0 Å². The molecule has 0 aromatic rings. The van der Waals surface area contributed by atoms with Gasteiger partial charge in [0, 0.05) is 14.1 Å². The Morgan fingerprint density at radius 3 is 2.23 bits per heavy atom. The Morgan fingerprint density at radius 1 is 1.38 bits per heavy atom. The van der Waals surface area contributed by atoms with Crippen molar-refractivity contribution in [2.24, 2.45) is 11.7 Å². The number of halogens is 1. The number of nitrogens with two attached hydrogens (primary N) is 1. The highest BCUT2D eigenvalue weighted by Crippen LogP contribution is 2.27. The molecule has 0 aromatic carbocycles. The summed E-state index contributed by atoms with van der Waals surface area (Å²) in [6, 6.07) is -0.262. The van der Waals surface area contributed by atoms with Gasteiger partial charge in [-0.05, 0) is 18.8 Å². The van der Waals surface area contributed by atoms with Crippen LogP contribution < -0.4 is 5.73 Å². The van der Waals surface area contributed by atoms with Crippen molar-refractivity contribution in [1.82, 2.24) is 4.90 Å². The number of hydrogen-bond acceptors (Lipinski definition) is 2. The van der Waals surface area contributed by atoms with Gasteiger partial charge in [0.25, 0.3) is 0 Å². The maximum absolute atomic E-state index is 11.4. The number of hydrogen-bond donors (Lipinski definition) is 1. The Bertz CT molecular complexity index is 167. The van der Waals surface area contributed by atoms with Crippen molar-refractivity contribution >= 4 is 18.3 Å². The Kier molecular flexibility index (Phi) is 5.33. The predicted octanol–water partition coefficient (Wildman–Crippen LogP) is 1.01. The van der Waals surface area contributed by atoms with Gasteiger partial charge in [-0.15, -0.1) is 12.4 Å². The molecule has 0 heterocycles. The van der Waals surface area contributed by atoms with Crippen molar-refractivity contribution in [2.75, 3.05) is 14.1 Å². The zero-order valence-electron chi connectivity index (χ0n) is 8.32. The van der Waals surface area contributed by atoms with Gasteiger partial charge < -0.3 is 10.6 Å². The molecule has 13 heavy (non-hydrogen) atoms. The van der Waals surface area contributed by atoms with Crippen LogP contribution in [0.5, 0.6) is 0 Å². The van der Waals surface area contributed by atoms with Crippen molar-refractivity contribution in [2.45, 2.75) is 31.7 Å². The predicted molar refractivity (Wildman–Crippen MR) is 55.9 cm³/mol. The highest BCUT2D eigenvalue weighted by molar-refractivity contribution is 5.85. The third kappa shape index (κ3) is 3.16. The average molecular weight is 207 g/mol. The van der Waals surface area contributed by atoms with Crippen LogP contribution in [-0.4, -0.2) is 30.9 Å². The summed E-state index contributed by atoms with van der Waals surface area (Å²) in [5.74, 6) is 0.502. The number of carbonyl (C=O) groups excluding carboxylic acids is 1. The molecule has 0 saturated heterocycles. The Balaban J connectivity index is 0.00000144. The van der Waals surface area contributed by atoms with E-state index in [2.05, 4.69) is 0 Å². The molecule has 0 bridgehead atoms. The number of rotatable bonds is 2. The van der Waals surface area contributed by atoms with Crippen molar-refractivity contribution in [3.8, 4) is 0 Å². The molecule has 2 N–H and O–H groups in total. The van der Waals surface area contributed by atoms with Crippen molar-refractivity contribution in [1.29, 1.82) is 0 Å². The van der Waals surface area contributed by atoms with E-state index in [0.717, 1.165) is 12.8 Å². The number of nitrogens with zero attached hydrogens (tertiary/aromatic N) is 1. The molecule has 3 nitrogen and oxygen atoms in total. The molecule has 78 valence electrons. The fraction of sp³-hybridized carbons (Fsp3) is 0.889. The number of amides is 1. The summed E-state index contributed by atoms with van der Waals surface area (Å²) in [5, 5.41) is 0. The first-order chi connectivity index (χ1) is 5.63. The first kappa shape index (κ1) is 12.7. The highest BCUT2D eigenvalue weighted by Gasteiger charge is 2.27.